The highest BCUT2D eigenvalue weighted by molar-refractivity contribution is 6.32. The zero-order valence-electron chi connectivity index (χ0n) is 19.4. The summed E-state index contributed by atoms with van der Waals surface area (Å²) in [6.07, 6.45) is 2.00. The van der Waals surface area contributed by atoms with Gasteiger partial charge in [0.2, 0.25) is 0 Å². The van der Waals surface area contributed by atoms with Gasteiger partial charge in [-0.1, -0.05) is 23.7 Å². The average Bonchev–Trinajstić information content (AvgIpc) is 2.70. The number of hydrogen-bond donors (Lipinski definition) is 0. The standard InChI is InChI=1S/C25H34ClNO4/c1-24(2)14-19(15-25(3,4)27(24)29-6)17-30-21-11-12-23(22(26)13-21)31-16-18-7-9-20(28-5)10-8-18/h7-13,19H,14-17H2,1-6H3. The lowest BCUT2D eigenvalue weighted by atomic mass is 9.75. The fraction of sp³-hybridized carbons (Fsp3) is 0.520. The average molecular weight is 448 g/mol. The molecule has 3 rings (SSSR count). The number of ether oxygens (including phenoxy) is 3. The first kappa shape index (κ1) is 23.7. The molecule has 1 saturated heterocycles. The van der Waals surface area contributed by atoms with Crippen molar-refractivity contribution >= 4 is 11.6 Å². The van der Waals surface area contributed by atoms with Gasteiger partial charge in [-0.15, -0.1) is 0 Å². The van der Waals surface area contributed by atoms with Crippen molar-refractivity contribution in [2.45, 2.75) is 58.2 Å². The summed E-state index contributed by atoms with van der Waals surface area (Å²) in [4.78, 5) is 5.68. The van der Waals surface area contributed by atoms with Gasteiger partial charge in [0.1, 0.15) is 23.9 Å². The number of benzene rings is 2. The Bertz CT molecular complexity index is 848. The second-order valence-corrected chi connectivity index (χ2v) is 9.82. The highest BCUT2D eigenvalue weighted by Crippen LogP contribution is 2.41. The largest absolute Gasteiger partial charge is 0.497 e. The maximum Gasteiger partial charge on any atom is 0.138 e. The lowest BCUT2D eigenvalue weighted by Crippen LogP contribution is -2.60. The lowest BCUT2D eigenvalue weighted by Gasteiger charge is -2.53. The van der Waals surface area contributed by atoms with Gasteiger partial charge >= 0.3 is 0 Å². The molecule has 31 heavy (non-hydrogen) atoms. The van der Waals surface area contributed by atoms with Crippen molar-refractivity contribution in [2.75, 3.05) is 20.8 Å². The van der Waals surface area contributed by atoms with Crippen LogP contribution in [0.5, 0.6) is 17.2 Å². The number of halogens is 1. The summed E-state index contributed by atoms with van der Waals surface area (Å²) < 4.78 is 17.2. The molecule has 0 amide bonds. The summed E-state index contributed by atoms with van der Waals surface area (Å²) in [5.74, 6) is 2.65. The predicted octanol–water partition coefficient (Wildman–Crippen LogP) is 6.14. The van der Waals surface area contributed by atoms with E-state index in [1.165, 1.54) is 0 Å². The van der Waals surface area contributed by atoms with Crippen LogP contribution in [0.15, 0.2) is 42.5 Å². The molecule has 1 aliphatic rings. The van der Waals surface area contributed by atoms with E-state index >= 15 is 0 Å². The van der Waals surface area contributed by atoms with E-state index in [-0.39, 0.29) is 11.1 Å². The Hall–Kier alpha value is -1.95. The van der Waals surface area contributed by atoms with E-state index < -0.39 is 0 Å². The molecule has 1 aliphatic heterocycles. The Morgan fingerprint density at radius 3 is 2.06 bits per heavy atom. The van der Waals surface area contributed by atoms with Gasteiger partial charge in [0, 0.05) is 17.1 Å². The molecule has 0 saturated carbocycles. The van der Waals surface area contributed by atoms with E-state index in [0.29, 0.717) is 29.9 Å². The molecule has 0 atom stereocenters. The van der Waals surface area contributed by atoms with Gasteiger partial charge in [-0.25, -0.2) is 0 Å². The van der Waals surface area contributed by atoms with Crippen LogP contribution in [0.4, 0.5) is 0 Å². The monoisotopic (exact) mass is 447 g/mol. The number of nitrogens with zero attached hydrogens (tertiary/aromatic N) is 1. The number of methoxy groups -OCH3 is 1. The summed E-state index contributed by atoms with van der Waals surface area (Å²) >= 11 is 6.45. The third kappa shape index (κ3) is 5.85. The Labute approximate surface area is 191 Å². The van der Waals surface area contributed by atoms with E-state index in [0.717, 1.165) is 29.9 Å². The topological polar surface area (TPSA) is 40.2 Å². The van der Waals surface area contributed by atoms with E-state index in [9.17, 15) is 0 Å². The van der Waals surface area contributed by atoms with Crippen LogP contribution in [-0.4, -0.2) is 37.0 Å². The van der Waals surface area contributed by atoms with Crippen molar-refractivity contribution in [1.29, 1.82) is 0 Å². The zero-order chi connectivity index (χ0) is 22.6. The Balaban J connectivity index is 1.56. The summed E-state index contributed by atoms with van der Waals surface area (Å²) in [5, 5.41) is 2.66. The molecule has 0 spiro atoms. The van der Waals surface area contributed by atoms with Crippen LogP contribution in [-0.2, 0) is 11.4 Å². The van der Waals surface area contributed by atoms with Crippen LogP contribution in [0, 0.1) is 5.92 Å². The first-order valence-corrected chi connectivity index (χ1v) is 11.0. The molecule has 1 fully saturated rings. The molecule has 2 aromatic carbocycles. The Morgan fingerprint density at radius 2 is 1.52 bits per heavy atom. The van der Waals surface area contributed by atoms with E-state index in [4.69, 9.17) is 30.6 Å². The smallest absolute Gasteiger partial charge is 0.138 e. The van der Waals surface area contributed by atoms with Gasteiger partial charge in [-0.05, 0) is 76.3 Å². The highest BCUT2D eigenvalue weighted by atomic mass is 35.5. The molecular weight excluding hydrogens is 414 g/mol. The van der Waals surface area contributed by atoms with Crippen molar-refractivity contribution in [3.8, 4) is 17.2 Å². The molecule has 5 nitrogen and oxygen atoms in total. The first-order chi connectivity index (χ1) is 14.6. The quantitative estimate of drug-likeness (QED) is 0.486. The summed E-state index contributed by atoms with van der Waals surface area (Å²) in [6, 6.07) is 13.4. The number of hydroxylamine groups is 2. The Kier molecular flexibility index (Phi) is 7.40. The summed E-state index contributed by atoms with van der Waals surface area (Å²) in [5.41, 5.74) is 0.938. The molecule has 170 valence electrons. The van der Waals surface area contributed by atoms with Crippen molar-refractivity contribution < 1.29 is 19.0 Å². The van der Waals surface area contributed by atoms with Crippen LogP contribution >= 0.6 is 11.6 Å². The molecule has 6 heteroatoms. The summed E-state index contributed by atoms with van der Waals surface area (Å²) in [7, 11) is 3.40. The van der Waals surface area contributed by atoms with Crippen LogP contribution in [0.1, 0.15) is 46.1 Å². The molecule has 0 aliphatic carbocycles. The predicted molar refractivity (Wildman–Crippen MR) is 124 cm³/mol. The van der Waals surface area contributed by atoms with E-state index in [1.54, 1.807) is 14.2 Å². The minimum atomic E-state index is -0.0542. The highest BCUT2D eigenvalue weighted by Gasteiger charge is 2.46. The molecular formula is C25H34ClNO4. The van der Waals surface area contributed by atoms with Crippen molar-refractivity contribution in [1.82, 2.24) is 5.06 Å². The van der Waals surface area contributed by atoms with Crippen LogP contribution < -0.4 is 14.2 Å². The van der Waals surface area contributed by atoms with Gasteiger partial charge in [0.05, 0.1) is 25.8 Å². The van der Waals surface area contributed by atoms with Gasteiger partial charge in [0.25, 0.3) is 0 Å². The molecule has 0 bridgehead atoms. The minimum absolute atomic E-state index is 0.0542. The van der Waals surface area contributed by atoms with Crippen LogP contribution in [0.25, 0.3) is 0 Å². The fourth-order valence-electron chi connectivity index (χ4n) is 4.87. The van der Waals surface area contributed by atoms with Gasteiger partial charge < -0.3 is 19.0 Å². The lowest BCUT2D eigenvalue weighted by molar-refractivity contribution is -0.272. The van der Waals surface area contributed by atoms with E-state index in [2.05, 4.69) is 32.8 Å². The second-order valence-electron chi connectivity index (χ2n) is 9.42. The number of piperidine rings is 1. The molecule has 2 aromatic rings. The SMILES string of the molecule is COc1ccc(COc2ccc(OCC3CC(C)(C)N(OC)C(C)(C)C3)cc2Cl)cc1. The molecule has 0 radical (unpaired) electrons. The van der Waals surface area contributed by atoms with Crippen LogP contribution in [0.3, 0.4) is 0 Å². The maximum absolute atomic E-state index is 6.45. The van der Waals surface area contributed by atoms with Crippen molar-refractivity contribution in [2.24, 2.45) is 5.92 Å². The normalized spacial score (nSPS) is 18.5. The van der Waals surface area contributed by atoms with Crippen molar-refractivity contribution in [3.05, 3.63) is 53.1 Å². The Morgan fingerprint density at radius 1 is 0.903 bits per heavy atom. The van der Waals surface area contributed by atoms with E-state index in [1.807, 2.05) is 42.5 Å². The second kappa shape index (κ2) is 9.68. The minimum Gasteiger partial charge on any atom is -0.497 e. The third-order valence-electron chi connectivity index (χ3n) is 5.80. The number of hydrogen-bond acceptors (Lipinski definition) is 5. The van der Waals surface area contributed by atoms with Gasteiger partial charge in [0.15, 0.2) is 0 Å². The molecule has 0 N–H and O–H groups in total. The molecule has 1 heterocycles. The first-order valence-electron chi connectivity index (χ1n) is 10.7. The maximum atomic E-state index is 6.45. The van der Waals surface area contributed by atoms with Gasteiger partial charge in [-0.2, -0.15) is 5.06 Å². The number of rotatable bonds is 8. The van der Waals surface area contributed by atoms with Crippen LogP contribution in [0.2, 0.25) is 5.02 Å². The van der Waals surface area contributed by atoms with Gasteiger partial charge in [-0.3, -0.25) is 0 Å². The van der Waals surface area contributed by atoms with Crippen molar-refractivity contribution in [3.63, 3.8) is 0 Å². The molecule has 0 aromatic heterocycles. The fourth-order valence-corrected chi connectivity index (χ4v) is 5.09. The zero-order valence-corrected chi connectivity index (χ0v) is 20.2. The molecule has 0 unspecified atom stereocenters. The third-order valence-corrected chi connectivity index (χ3v) is 6.10. The summed E-state index contributed by atoms with van der Waals surface area (Å²) in [6.45, 7) is 9.96.